The van der Waals surface area contributed by atoms with Crippen molar-refractivity contribution in [1.82, 2.24) is 0 Å². The van der Waals surface area contributed by atoms with Crippen molar-refractivity contribution in [1.29, 1.82) is 0 Å². The van der Waals surface area contributed by atoms with Crippen molar-refractivity contribution in [3.63, 3.8) is 0 Å². The van der Waals surface area contributed by atoms with Gasteiger partial charge in [-0.25, -0.2) is 0 Å². The van der Waals surface area contributed by atoms with Crippen LogP contribution in [0.15, 0.2) is 45.6 Å². The van der Waals surface area contributed by atoms with Gasteiger partial charge in [-0.3, -0.25) is 4.79 Å². The molecule has 10 atom stereocenters. The Morgan fingerprint density at radius 2 is 1.65 bits per heavy atom. The van der Waals surface area contributed by atoms with Gasteiger partial charge in [-0.1, -0.05) is 6.92 Å². The number of phenols is 2. The lowest BCUT2D eigenvalue weighted by atomic mass is 9.81. The van der Waals surface area contributed by atoms with Crippen LogP contribution in [-0.4, -0.2) is 110 Å². The van der Waals surface area contributed by atoms with Gasteiger partial charge in [-0.15, -0.1) is 0 Å². The average molecular weight is 607 g/mol. The van der Waals surface area contributed by atoms with Crippen LogP contribution < -0.4 is 14.9 Å². The molecule has 0 amide bonds. The fourth-order valence-corrected chi connectivity index (χ4v) is 5.47. The number of fused-ring (bicyclic) bond motifs is 1. The van der Waals surface area contributed by atoms with Crippen LogP contribution >= 0.6 is 0 Å². The van der Waals surface area contributed by atoms with E-state index >= 15 is 0 Å². The minimum absolute atomic E-state index is 0.0576. The highest BCUT2D eigenvalue weighted by atomic mass is 16.7. The Balaban J connectivity index is 1.48. The predicted molar refractivity (Wildman–Crippen MR) is 147 cm³/mol. The maximum absolute atomic E-state index is 12.9. The number of rotatable bonds is 7. The third-order valence-electron chi connectivity index (χ3n) is 7.92. The van der Waals surface area contributed by atoms with Gasteiger partial charge in [0, 0.05) is 23.8 Å². The summed E-state index contributed by atoms with van der Waals surface area (Å²) in [6.07, 6.45) is -12.9. The zero-order valence-electron chi connectivity index (χ0n) is 23.2. The second-order valence-corrected chi connectivity index (χ2v) is 10.8. The topological polar surface area (TPSA) is 229 Å². The van der Waals surface area contributed by atoms with E-state index in [1.165, 1.54) is 25.3 Å². The number of aliphatic hydroxyl groups excluding tert-OH is 6. The molecule has 43 heavy (non-hydrogen) atoms. The van der Waals surface area contributed by atoms with E-state index in [1.807, 2.05) is 0 Å². The molecule has 1 aliphatic carbocycles. The molecule has 2 aliphatic rings. The van der Waals surface area contributed by atoms with E-state index in [2.05, 4.69) is 0 Å². The van der Waals surface area contributed by atoms with E-state index in [9.17, 15) is 45.6 Å². The number of phenolic OH excluding ortho intramolecular Hbond substituents is 2. The lowest BCUT2D eigenvalue weighted by Crippen LogP contribution is -2.63. The molecule has 234 valence electrons. The molecule has 14 nitrogen and oxygen atoms in total. The van der Waals surface area contributed by atoms with Crippen LogP contribution in [0.2, 0.25) is 0 Å². The first-order chi connectivity index (χ1) is 20.4. The van der Waals surface area contributed by atoms with Crippen molar-refractivity contribution in [2.75, 3.05) is 13.7 Å². The number of hydrogen-bond acceptors (Lipinski definition) is 14. The Bertz CT molecular complexity index is 1510. The SMILES string of the molecule is COc1ccc(-c2cc(=O)c3c(O)cc(OC4OC(CO)C(O)C(O)C4OC4CC(C)C(O)C(O)C4O)cc3o2)cc1O. The summed E-state index contributed by atoms with van der Waals surface area (Å²) in [4.78, 5) is 12.9. The summed E-state index contributed by atoms with van der Waals surface area (Å²) < 4.78 is 28.4. The van der Waals surface area contributed by atoms with Crippen LogP contribution in [0.3, 0.4) is 0 Å². The van der Waals surface area contributed by atoms with Gasteiger partial charge in [0.05, 0.1) is 25.9 Å². The fourth-order valence-electron chi connectivity index (χ4n) is 5.47. The van der Waals surface area contributed by atoms with Crippen molar-refractivity contribution in [2.24, 2.45) is 5.92 Å². The van der Waals surface area contributed by atoms with Crippen LogP contribution in [0.1, 0.15) is 13.3 Å². The smallest absolute Gasteiger partial charge is 0.229 e. The van der Waals surface area contributed by atoms with E-state index < -0.39 is 78.8 Å². The molecule has 0 radical (unpaired) electrons. The Morgan fingerprint density at radius 1 is 0.907 bits per heavy atom. The molecular weight excluding hydrogens is 572 g/mol. The molecule has 0 spiro atoms. The maximum atomic E-state index is 12.9. The Kier molecular flexibility index (Phi) is 8.83. The molecule has 2 fully saturated rings. The highest BCUT2D eigenvalue weighted by molar-refractivity contribution is 5.86. The van der Waals surface area contributed by atoms with Gasteiger partial charge in [0.15, 0.2) is 16.9 Å². The second-order valence-electron chi connectivity index (χ2n) is 10.8. The number of benzene rings is 2. The normalized spacial score (nSPS) is 32.9. The largest absolute Gasteiger partial charge is 0.507 e. The molecule has 1 saturated carbocycles. The van der Waals surface area contributed by atoms with E-state index in [0.717, 1.165) is 12.1 Å². The van der Waals surface area contributed by atoms with E-state index in [-0.39, 0.29) is 40.4 Å². The molecule has 2 aromatic carbocycles. The van der Waals surface area contributed by atoms with Crippen molar-refractivity contribution < 1.29 is 64.2 Å². The molecule has 5 rings (SSSR count). The molecule has 2 heterocycles. The van der Waals surface area contributed by atoms with Gasteiger partial charge >= 0.3 is 0 Å². The number of aliphatic hydroxyl groups is 6. The fraction of sp³-hybridized carbons (Fsp3) is 0.483. The number of ether oxygens (including phenoxy) is 4. The predicted octanol–water partition coefficient (Wildman–Crippen LogP) is -0.426. The molecule has 3 aromatic rings. The number of methoxy groups -OCH3 is 1. The number of hydrogen-bond donors (Lipinski definition) is 8. The van der Waals surface area contributed by atoms with Gasteiger partial charge in [0.2, 0.25) is 6.29 Å². The van der Waals surface area contributed by atoms with Crippen LogP contribution in [0.5, 0.6) is 23.0 Å². The van der Waals surface area contributed by atoms with E-state index in [4.69, 9.17) is 23.4 Å². The zero-order valence-corrected chi connectivity index (χ0v) is 23.2. The molecular formula is C29H34O14. The average Bonchev–Trinajstić information content (AvgIpc) is 2.97. The van der Waals surface area contributed by atoms with Crippen LogP contribution in [0.4, 0.5) is 0 Å². The van der Waals surface area contributed by atoms with Crippen LogP contribution in [0.25, 0.3) is 22.3 Å². The minimum atomic E-state index is -1.69. The highest BCUT2D eigenvalue weighted by Gasteiger charge is 2.50. The summed E-state index contributed by atoms with van der Waals surface area (Å²) in [6.45, 7) is 0.941. The molecule has 10 unspecified atom stereocenters. The molecule has 14 heteroatoms. The molecule has 1 aliphatic heterocycles. The van der Waals surface area contributed by atoms with Gasteiger partial charge < -0.3 is 64.2 Å². The Labute approximate surface area is 244 Å². The maximum Gasteiger partial charge on any atom is 0.229 e. The lowest BCUT2D eigenvalue weighted by Gasteiger charge is -2.45. The van der Waals surface area contributed by atoms with Crippen LogP contribution in [0, 0.1) is 5.92 Å². The summed E-state index contributed by atoms with van der Waals surface area (Å²) in [5.41, 5.74) is -0.359. The van der Waals surface area contributed by atoms with Crippen molar-refractivity contribution >= 4 is 11.0 Å². The Morgan fingerprint density at radius 3 is 2.33 bits per heavy atom. The first-order valence-electron chi connectivity index (χ1n) is 13.6. The standard InChI is InChI=1S/C29H34O14/c1-11-5-20(24(35)26(37)23(11)34)42-28-27(38)25(36)21(10-30)43-29(28)40-13-7-15(32)22-16(33)9-18(41-19(22)8-13)12-3-4-17(39-2)14(31)6-12/h3-4,6-9,11,20-21,23-32,34-38H,5,10H2,1-2H3. The molecule has 1 saturated heterocycles. The summed E-state index contributed by atoms with van der Waals surface area (Å²) in [6, 6.07) is 7.88. The molecule has 1 aromatic heterocycles. The zero-order chi connectivity index (χ0) is 31.2. The minimum Gasteiger partial charge on any atom is -0.507 e. The van der Waals surface area contributed by atoms with Gasteiger partial charge in [0.1, 0.15) is 64.9 Å². The monoisotopic (exact) mass is 606 g/mol. The summed E-state index contributed by atoms with van der Waals surface area (Å²) in [5, 5.41) is 82.7. The molecule has 8 N–H and O–H groups in total. The quantitative estimate of drug-likeness (QED) is 0.171. The van der Waals surface area contributed by atoms with Crippen molar-refractivity contribution in [3.8, 4) is 34.3 Å². The van der Waals surface area contributed by atoms with E-state index in [1.54, 1.807) is 13.0 Å². The summed E-state index contributed by atoms with van der Waals surface area (Å²) in [5.74, 6) is -1.04. The number of aromatic hydroxyl groups is 2. The van der Waals surface area contributed by atoms with Crippen molar-refractivity contribution in [2.45, 2.75) is 68.5 Å². The summed E-state index contributed by atoms with van der Waals surface area (Å²) in [7, 11) is 1.38. The van der Waals surface area contributed by atoms with Gasteiger partial charge in [0.25, 0.3) is 0 Å². The van der Waals surface area contributed by atoms with Crippen molar-refractivity contribution in [3.05, 3.63) is 46.6 Å². The second kappa shape index (κ2) is 12.3. The van der Waals surface area contributed by atoms with E-state index in [0.29, 0.717) is 5.56 Å². The Hall–Kier alpha value is -3.47. The third kappa shape index (κ3) is 5.88. The first kappa shape index (κ1) is 31.0. The third-order valence-corrected chi connectivity index (χ3v) is 7.92. The van der Waals surface area contributed by atoms with Crippen LogP contribution in [-0.2, 0) is 9.47 Å². The highest BCUT2D eigenvalue weighted by Crippen LogP contribution is 2.37. The molecule has 0 bridgehead atoms. The van der Waals surface area contributed by atoms with Gasteiger partial charge in [-0.2, -0.15) is 0 Å². The van der Waals surface area contributed by atoms with Gasteiger partial charge in [-0.05, 0) is 30.5 Å². The lowest BCUT2D eigenvalue weighted by molar-refractivity contribution is -0.307. The summed E-state index contributed by atoms with van der Waals surface area (Å²) >= 11 is 0. The first-order valence-corrected chi connectivity index (χ1v) is 13.6.